The van der Waals surface area contributed by atoms with E-state index in [-0.39, 0.29) is 24.3 Å². The highest BCUT2D eigenvalue weighted by molar-refractivity contribution is 6.08. The van der Waals surface area contributed by atoms with Gasteiger partial charge in [0, 0.05) is 36.1 Å². The molecule has 196 valence electrons. The van der Waals surface area contributed by atoms with Crippen molar-refractivity contribution in [2.24, 2.45) is 0 Å². The quantitative estimate of drug-likeness (QED) is 0.385. The molecule has 3 amide bonds. The number of imide groups is 1. The predicted octanol–water partition coefficient (Wildman–Crippen LogP) is 3.25. The normalized spacial score (nSPS) is 21.2. The SMILES string of the molecule is CCOc1ccc2[nH]c3c(c2c1)CC1(C)C(=O)N(CCCN(C)CCO)C(=O)N1C3c1cccc(O)c1. The Hall–Kier alpha value is -3.56. The van der Waals surface area contributed by atoms with Crippen LogP contribution in [0.4, 0.5) is 4.79 Å². The third-order valence-corrected chi connectivity index (χ3v) is 7.54. The highest BCUT2D eigenvalue weighted by atomic mass is 16.5. The zero-order chi connectivity index (χ0) is 26.3. The molecule has 9 heteroatoms. The molecule has 1 aromatic heterocycles. The van der Waals surface area contributed by atoms with Gasteiger partial charge in [-0.3, -0.25) is 14.6 Å². The number of phenolic OH excluding ortho intramolecular Hbond substituents is 1. The Morgan fingerprint density at radius 3 is 2.73 bits per heavy atom. The second kappa shape index (κ2) is 9.72. The lowest BCUT2D eigenvalue weighted by Crippen LogP contribution is -2.53. The van der Waals surface area contributed by atoms with Crippen molar-refractivity contribution in [3.05, 3.63) is 59.3 Å². The molecule has 3 aromatic rings. The van der Waals surface area contributed by atoms with Crippen LogP contribution in [-0.4, -0.2) is 87.3 Å². The maximum atomic E-state index is 13.9. The highest BCUT2D eigenvalue weighted by Crippen LogP contribution is 2.49. The summed E-state index contributed by atoms with van der Waals surface area (Å²) < 4.78 is 5.74. The van der Waals surface area contributed by atoms with E-state index in [1.54, 1.807) is 23.1 Å². The summed E-state index contributed by atoms with van der Waals surface area (Å²) in [4.78, 5) is 36.3. The Morgan fingerprint density at radius 2 is 2.00 bits per heavy atom. The number of aliphatic hydroxyl groups is 1. The van der Waals surface area contributed by atoms with Crippen LogP contribution >= 0.6 is 0 Å². The number of aromatic hydroxyl groups is 1. The molecule has 2 aliphatic rings. The van der Waals surface area contributed by atoms with Crippen LogP contribution in [-0.2, 0) is 11.2 Å². The van der Waals surface area contributed by atoms with Gasteiger partial charge in [-0.05, 0) is 75.3 Å². The van der Waals surface area contributed by atoms with E-state index in [1.807, 2.05) is 50.1 Å². The van der Waals surface area contributed by atoms with Gasteiger partial charge in [-0.1, -0.05) is 12.1 Å². The number of nitrogens with one attached hydrogen (secondary N) is 1. The third kappa shape index (κ3) is 4.22. The molecule has 3 N–H and O–H groups in total. The summed E-state index contributed by atoms with van der Waals surface area (Å²) in [6.07, 6.45) is 0.985. The topological polar surface area (TPSA) is 109 Å². The maximum Gasteiger partial charge on any atom is 0.328 e. The van der Waals surface area contributed by atoms with Crippen molar-refractivity contribution in [2.45, 2.75) is 38.3 Å². The number of aromatic amines is 1. The maximum absolute atomic E-state index is 13.9. The van der Waals surface area contributed by atoms with Crippen molar-refractivity contribution in [2.75, 3.05) is 39.9 Å². The average Bonchev–Trinajstić information content (AvgIpc) is 3.30. The van der Waals surface area contributed by atoms with E-state index in [0.29, 0.717) is 39.1 Å². The number of carbonyl (C=O) groups is 2. The molecule has 37 heavy (non-hydrogen) atoms. The Labute approximate surface area is 216 Å². The molecule has 0 radical (unpaired) electrons. The fraction of sp³-hybridized carbons (Fsp3) is 0.429. The summed E-state index contributed by atoms with van der Waals surface area (Å²) in [7, 11) is 1.90. The largest absolute Gasteiger partial charge is 0.508 e. The molecule has 0 bridgehead atoms. The first-order valence-corrected chi connectivity index (χ1v) is 12.8. The van der Waals surface area contributed by atoms with Crippen LogP contribution in [0.2, 0.25) is 0 Å². The Kier molecular flexibility index (Phi) is 6.59. The number of fused-ring (bicyclic) bond motifs is 4. The summed E-state index contributed by atoms with van der Waals surface area (Å²) in [5.41, 5.74) is 2.39. The van der Waals surface area contributed by atoms with Gasteiger partial charge in [0.05, 0.1) is 13.2 Å². The number of aromatic nitrogens is 1. The number of aliphatic hydroxyl groups excluding tert-OH is 1. The molecule has 2 aromatic carbocycles. The minimum Gasteiger partial charge on any atom is -0.508 e. The summed E-state index contributed by atoms with van der Waals surface area (Å²) in [6.45, 7) is 5.89. The summed E-state index contributed by atoms with van der Waals surface area (Å²) >= 11 is 0. The van der Waals surface area contributed by atoms with Crippen LogP contribution in [0.5, 0.6) is 11.5 Å². The van der Waals surface area contributed by atoms with E-state index in [2.05, 4.69) is 4.98 Å². The van der Waals surface area contributed by atoms with Gasteiger partial charge in [0.2, 0.25) is 0 Å². The third-order valence-electron chi connectivity index (χ3n) is 7.54. The number of urea groups is 1. The molecular formula is C28H34N4O5. The highest BCUT2D eigenvalue weighted by Gasteiger charge is 2.60. The molecule has 5 rings (SSSR count). The fourth-order valence-corrected chi connectivity index (χ4v) is 5.77. The number of nitrogens with zero attached hydrogens (tertiary/aromatic N) is 3. The Morgan fingerprint density at radius 1 is 1.19 bits per heavy atom. The van der Waals surface area contributed by atoms with E-state index in [4.69, 9.17) is 9.84 Å². The number of ether oxygens (including phenoxy) is 1. The van der Waals surface area contributed by atoms with E-state index < -0.39 is 11.6 Å². The number of likely N-dealkylation sites (N-methyl/N-ethyl adjacent to an activating group) is 1. The lowest BCUT2D eigenvalue weighted by Gasteiger charge is -2.42. The molecule has 9 nitrogen and oxygen atoms in total. The first-order valence-electron chi connectivity index (χ1n) is 12.8. The lowest BCUT2D eigenvalue weighted by molar-refractivity contribution is -0.133. The zero-order valence-corrected chi connectivity index (χ0v) is 21.5. The summed E-state index contributed by atoms with van der Waals surface area (Å²) in [5.74, 6) is 0.636. The molecule has 2 atom stereocenters. The number of rotatable bonds is 9. The van der Waals surface area contributed by atoms with Crippen LogP contribution < -0.4 is 4.74 Å². The zero-order valence-electron chi connectivity index (χ0n) is 21.5. The number of carbonyl (C=O) groups excluding carboxylic acids is 2. The van der Waals surface area contributed by atoms with Crippen molar-refractivity contribution in [3.63, 3.8) is 0 Å². The summed E-state index contributed by atoms with van der Waals surface area (Å²) in [6, 6.07) is 11.8. The Balaban J connectivity index is 1.58. The number of hydrogen-bond acceptors (Lipinski definition) is 6. The van der Waals surface area contributed by atoms with Gasteiger partial charge < -0.3 is 24.8 Å². The molecule has 0 saturated carbocycles. The molecule has 0 spiro atoms. The van der Waals surface area contributed by atoms with E-state index in [0.717, 1.165) is 33.5 Å². The van der Waals surface area contributed by atoms with E-state index in [9.17, 15) is 14.7 Å². The van der Waals surface area contributed by atoms with Gasteiger partial charge in [-0.25, -0.2) is 4.79 Å². The Bertz CT molecular complexity index is 1340. The lowest BCUT2D eigenvalue weighted by atomic mass is 9.81. The summed E-state index contributed by atoms with van der Waals surface area (Å²) in [5, 5.41) is 20.4. The van der Waals surface area contributed by atoms with Gasteiger partial charge in [0.1, 0.15) is 23.1 Å². The van der Waals surface area contributed by atoms with E-state index >= 15 is 0 Å². The second-order valence-electron chi connectivity index (χ2n) is 10.1. The van der Waals surface area contributed by atoms with Crippen LogP contribution in [0.1, 0.15) is 43.1 Å². The van der Waals surface area contributed by atoms with Gasteiger partial charge in [-0.15, -0.1) is 0 Å². The molecule has 2 unspecified atom stereocenters. The molecule has 0 aliphatic carbocycles. The van der Waals surface area contributed by atoms with Crippen molar-refractivity contribution in [1.82, 2.24) is 19.7 Å². The molecule has 1 saturated heterocycles. The predicted molar refractivity (Wildman–Crippen MR) is 140 cm³/mol. The number of amides is 3. The van der Waals surface area contributed by atoms with Crippen molar-refractivity contribution in [3.8, 4) is 11.5 Å². The number of hydrogen-bond donors (Lipinski definition) is 3. The number of benzene rings is 2. The monoisotopic (exact) mass is 506 g/mol. The second-order valence-corrected chi connectivity index (χ2v) is 10.1. The average molecular weight is 507 g/mol. The molecule has 3 heterocycles. The van der Waals surface area contributed by atoms with Crippen LogP contribution in [0.3, 0.4) is 0 Å². The molecular weight excluding hydrogens is 472 g/mol. The van der Waals surface area contributed by atoms with Gasteiger partial charge in [0.25, 0.3) is 5.91 Å². The fourth-order valence-electron chi connectivity index (χ4n) is 5.77. The first-order chi connectivity index (χ1) is 17.8. The standard InChI is InChI=1S/C28H34N4O5/c1-4-37-20-9-10-23-21(16-20)22-17-28(2)26(35)31(12-6-11-30(3)13-14-33)27(36)32(28)25(24(22)29-23)18-7-5-8-19(34)15-18/h5,7-10,15-16,25,29,33-34H,4,6,11-14,17H2,1-3H3. The minimum atomic E-state index is -1.08. The van der Waals surface area contributed by atoms with Crippen LogP contribution in [0, 0.1) is 0 Å². The minimum absolute atomic E-state index is 0.0617. The van der Waals surface area contributed by atoms with Gasteiger partial charge in [0.15, 0.2) is 0 Å². The molecule has 2 aliphatic heterocycles. The number of phenols is 1. The smallest absolute Gasteiger partial charge is 0.328 e. The van der Waals surface area contributed by atoms with Crippen molar-refractivity contribution in [1.29, 1.82) is 0 Å². The van der Waals surface area contributed by atoms with Crippen LogP contribution in [0.25, 0.3) is 10.9 Å². The van der Waals surface area contributed by atoms with Gasteiger partial charge in [-0.2, -0.15) is 0 Å². The van der Waals surface area contributed by atoms with E-state index in [1.165, 1.54) is 4.90 Å². The van der Waals surface area contributed by atoms with Gasteiger partial charge >= 0.3 is 6.03 Å². The molecule has 1 fully saturated rings. The first kappa shape index (κ1) is 25.1. The van der Waals surface area contributed by atoms with Crippen molar-refractivity contribution < 1.29 is 24.5 Å². The van der Waals surface area contributed by atoms with Crippen LogP contribution in [0.15, 0.2) is 42.5 Å². The number of H-pyrrole nitrogens is 1. The van der Waals surface area contributed by atoms with Crippen molar-refractivity contribution >= 4 is 22.8 Å².